The van der Waals surface area contributed by atoms with Gasteiger partial charge in [-0.1, -0.05) is 0 Å². The quantitative estimate of drug-likeness (QED) is 0.863. The van der Waals surface area contributed by atoms with Crippen molar-refractivity contribution < 1.29 is 4.79 Å². The normalized spacial score (nSPS) is 10.0. The number of anilines is 2. The highest BCUT2D eigenvalue weighted by atomic mass is 16.2. The van der Waals surface area contributed by atoms with Gasteiger partial charge in [0.1, 0.15) is 5.69 Å². The second-order valence-electron chi connectivity index (χ2n) is 4.20. The average molecular weight is 258 g/mol. The van der Waals surface area contributed by atoms with E-state index in [9.17, 15) is 9.59 Å². The zero-order chi connectivity index (χ0) is 13.8. The molecular weight excluding hydrogens is 244 g/mol. The van der Waals surface area contributed by atoms with Crippen molar-refractivity contribution in [3.8, 4) is 0 Å². The van der Waals surface area contributed by atoms with Gasteiger partial charge in [0.2, 0.25) is 0 Å². The third kappa shape index (κ3) is 3.19. The lowest BCUT2D eigenvalue weighted by atomic mass is 10.2. The van der Waals surface area contributed by atoms with Crippen LogP contribution >= 0.6 is 0 Å². The maximum atomic E-state index is 11.8. The minimum atomic E-state index is -0.367. The van der Waals surface area contributed by atoms with Gasteiger partial charge in [0, 0.05) is 31.5 Å². The van der Waals surface area contributed by atoms with Crippen molar-refractivity contribution in [3.63, 3.8) is 0 Å². The van der Waals surface area contributed by atoms with Crippen LogP contribution in [0.15, 0.2) is 41.2 Å². The van der Waals surface area contributed by atoms with Crippen LogP contribution in [0.3, 0.4) is 0 Å². The summed E-state index contributed by atoms with van der Waals surface area (Å²) in [6.07, 6.45) is 0. The summed E-state index contributed by atoms with van der Waals surface area (Å²) in [5.41, 5.74) is 1.53. The zero-order valence-corrected chi connectivity index (χ0v) is 10.7. The Bertz CT molecular complexity index is 611. The smallest absolute Gasteiger partial charge is 0.276 e. The van der Waals surface area contributed by atoms with Crippen LogP contribution in [0.25, 0.3) is 0 Å². The summed E-state index contributed by atoms with van der Waals surface area (Å²) >= 11 is 0. The van der Waals surface area contributed by atoms with E-state index in [2.05, 4.69) is 15.5 Å². The Labute approximate surface area is 110 Å². The van der Waals surface area contributed by atoms with Gasteiger partial charge in [-0.2, -0.15) is 5.10 Å². The van der Waals surface area contributed by atoms with Crippen molar-refractivity contribution in [1.82, 2.24) is 10.2 Å². The molecule has 6 heteroatoms. The lowest BCUT2D eigenvalue weighted by Crippen LogP contribution is -2.17. The molecule has 2 aromatic rings. The standard InChI is InChI=1S/C13H14N4O2/c1-17(2)10-5-3-9(4-6-10)14-13(19)11-7-8-12(18)16-15-11/h3-8H,1-2H3,(H,14,19)(H,16,18). The van der Waals surface area contributed by atoms with Crippen LogP contribution in [0.2, 0.25) is 0 Å². The molecule has 2 rings (SSSR count). The highest BCUT2D eigenvalue weighted by Crippen LogP contribution is 2.15. The minimum absolute atomic E-state index is 0.163. The molecule has 0 bridgehead atoms. The van der Waals surface area contributed by atoms with Crippen LogP contribution in [0.4, 0.5) is 11.4 Å². The summed E-state index contributed by atoms with van der Waals surface area (Å²) in [6.45, 7) is 0. The molecule has 0 fully saturated rings. The van der Waals surface area contributed by atoms with E-state index in [1.807, 2.05) is 31.1 Å². The van der Waals surface area contributed by atoms with Crippen molar-refractivity contribution in [1.29, 1.82) is 0 Å². The summed E-state index contributed by atoms with van der Waals surface area (Å²) < 4.78 is 0. The Balaban J connectivity index is 2.10. The molecule has 0 aliphatic heterocycles. The van der Waals surface area contributed by atoms with Gasteiger partial charge in [0.25, 0.3) is 11.5 Å². The first-order valence-corrected chi connectivity index (χ1v) is 5.71. The Kier molecular flexibility index (Phi) is 3.61. The molecule has 0 aliphatic carbocycles. The second-order valence-corrected chi connectivity index (χ2v) is 4.20. The fraction of sp³-hybridized carbons (Fsp3) is 0.154. The van der Waals surface area contributed by atoms with Gasteiger partial charge in [-0.25, -0.2) is 5.10 Å². The average Bonchev–Trinajstić information content (AvgIpc) is 2.40. The third-order valence-corrected chi connectivity index (χ3v) is 2.55. The van der Waals surface area contributed by atoms with Gasteiger partial charge in [-0.05, 0) is 30.3 Å². The van der Waals surface area contributed by atoms with E-state index in [0.717, 1.165) is 5.69 Å². The molecule has 0 aliphatic rings. The Hall–Kier alpha value is -2.63. The number of hydrogen-bond donors (Lipinski definition) is 2. The molecule has 2 N–H and O–H groups in total. The van der Waals surface area contributed by atoms with Gasteiger partial charge in [-0.15, -0.1) is 0 Å². The maximum absolute atomic E-state index is 11.8. The van der Waals surface area contributed by atoms with Crippen LogP contribution < -0.4 is 15.8 Å². The summed E-state index contributed by atoms with van der Waals surface area (Å²) in [5, 5.41) is 8.58. The van der Waals surface area contributed by atoms with E-state index in [1.165, 1.54) is 12.1 Å². The topological polar surface area (TPSA) is 78.1 Å². The summed E-state index contributed by atoms with van der Waals surface area (Å²) in [5.74, 6) is -0.367. The van der Waals surface area contributed by atoms with Crippen molar-refractivity contribution in [2.24, 2.45) is 0 Å². The van der Waals surface area contributed by atoms with Crippen molar-refractivity contribution in [3.05, 3.63) is 52.4 Å². The molecule has 19 heavy (non-hydrogen) atoms. The van der Waals surface area contributed by atoms with Gasteiger partial charge < -0.3 is 10.2 Å². The molecule has 6 nitrogen and oxygen atoms in total. The second kappa shape index (κ2) is 5.34. The summed E-state index contributed by atoms with van der Waals surface area (Å²) in [6, 6.07) is 10.0. The van der Waals surface area contributed by atoms with E-state index < -0.39 is 0 Å². The SMILES string of the molecule is CN(C)c1ccc(NC(=O)c2ccc(=O)[nH]n2)cc1. The van der Waals surface area contributed by atoms with E-state index in [0.29, 0.717) is 5.69 Å². The van der Waals surface area contributed by atoms with Crippen molar-refractivity contribution >= 4 is 17.3 Å². The highest BCUT2D eigenvalue weighted by molar-refractivity contribution is 6.02. The number of rotatable bonds is 3. The molecule has 0 atom stereocenters. The number of carbonyl (C=O) groups excluding carboxylic acids is 1. The Morgan fingerprint density at radius 3 is 2.37 bits per heavy atom. The number of carbonyl (C=O) groups is 1. The van der Waals surface area contributed by atoms with Gasteiger partial charge in [-0.3, -0.25) is 9.59 Å². The first-order chi connectivity index (χ1) is 9.06. The maximum Gasteiger partial charge on any atom is 0.276 e. The largest absolute Gasteiger partial charge is 0.378 e. The number of aromatic nitrogens is 2. The molecule has 0 radical (unpaired) electrons. The lowest BCUT2D eigenvalue weighted by Gasteiger charge is -2.12. The number of benzene rings is 1. The fourth-order valence-electron chi connectivity index (χ4n) is 1.51. The predicted molar refractivity (Wildman–Crippen MR) is 73.6 cm³/mol. The molecule has 0 spiro atoms. The van der Waals surface area contributed by atoms with Gasteiger partial charge in [0.15, 0.2) is 0 Å². The molecule has 98 valence electrons. The number of hydrogen-bond acceptors (Lipinski definition) is 4. The summed E-state index contributed by atoms with van der Waals surface area (Å²) in [7, 11) is 3.88. The lowest BCUT2D eigenvalue weighted by molar-refractivity contribution is 0.102. The monoisotopic (exact) mass is 258 g/mol. The first-order valence-electron chi connectivity index (χ1n) is 5.71. The Morgan fingerprint density at radius 2 is 1.84 bits per heavy atom. The predicted octanol–water partition coefficient (Wildman–Crippen LogP) is 1.09. The van der Waals surface area contributed by atoms with Crippen LogP contribution in [0.5, 0.6) is 0 Å². The van der Waals surface area contributed by atoms with Gasteiger partial charge in [0.05, 0.1) is 0 Å². The molecule has 0 unspecified atom stereocenters. The molecule has 1 aromatic carbocycles. The minimum Gasteiger partial charge on any atom is -0.378 e. The van der Waals surface area contributed by atoms with Crippen molar-refractivity contribution in [2.75, 3.05) is 24.3 Å². The zero-order valence-electron chi connectivity index (χ0n) is 10.7. The molecule has 0 saturated carbocycles. The van der Waals surface area contributed by atoms with Crippen LogP contribution in [-0.2, 0) is 0 Å². The molecule has 1 aromatic heterocycles. The van der Waals surface area contributed by atoms with Crippen LogP contribution in [0, 0.1) is 0 Å². The van der Waals surface area contributed by atoms with E-state index >= 15 is 0 Å². The first kappa shape index (κ1) is 12.8. The molecule has 0 saturated heterocycles. The molecular formula is C13H14N4O2. The summed E-state index contributed by atoms with van der Waals surface area (Å²) in [4.78, 5) is 24.7. The van der Waals surface area contributed by atoms with Crippen molar-refractivity contribution in [2.45, 2.75) is 0 Å². The third-order valence-electron chi connectivity index (χ3n) is 2.55. The number of H-pyrrole nitrogens is 1. The number of nitrogens with one attached hydrogen (secondary N) is 2. The van der Waals surface area contributed by atoms with E-state index in [1.54, 1.807) is 12.1 Å². The fourth-order valence-corrected chi connectivity index (χ4v) is 1.51. The van der Waals surface area contributed by atoms with Crippen LogP contribution in [0.1, 0.15) is 10.5 Å². The van der Waals surface area contributed by atoms with Gasteiger partial charge >= 0.3 is 0 Å². The van der Waals surface area contributed by atoms with E-state index in [-0.39, 0.29) is 17.2 Å². The number of amides is 1. The van der Waals surface area contributed by atoms with E-state index in [4.69, 9.17) is 0 Å². The Morgan fingerprint density at radius 1 is 1.16 bits per heavy atom. The highest BCUT2D eigenvalue weighted by Gasteiger charge is 2.07. The van der Waals surface area contributed by atoms with Crippen LogP contribution in [-0.4, -0.2) is 30.2 Å². The number of nitrogens with zero attached hydrogens (tertiary/aromatic N) is 2. The number of aromatic amines is 1. The molecule has 1 amide bonds. The molecule has 1 heterocycles.